The number of rotatable bonds is 5. The van der Waals surface area contributed by atoms with Crippen LogP contribution in [0.1, 0.15) is 24.4 Å². The smallest absolute Gasteiger partial charge is 0.244 e. The van der Waals surface area contributed by atoms with Crippen molar-refractivity contribution in [2.75, 3.05) is 0 Å². The van der Waals surface area contributed by atoms with Crippen molar-refractivity contribution in [1.29, 1.82) is 0 Å². The van der Waals surface area contributed by atoms with Crippen LogP contribution in [0.15, 0.2) is 62.4 Å². The van der Waals surface area contributed by atoms with E-state index in [2.05, 4.69) is 30.8 Å². The molecule has 0 saturated carbocycles. The molecule has 1 N–H and O–H groups in total. The van der Waals surface area contributed by atoms with E-state index in [4.69, 9.17) is 4.52 Å². The van der Waals surface area contributed by atoms with Gasteiger partial charge in [-0.2, -0.15) is 9.71 Å². The number of benzene rings is 2. The Hall–Kier alpha value is -2.03. The summed E-state index contributed by atoms with van der Waals surface area (Å²) in [5.41, 5.74) is 1.94. The molecule has 1 heterocycles. The molecule has 8 heteroatoms. The Kier molecular flexibility index (Phi) is 5.03. The van der Waals surface area contributed by atoms with Crippen LogP contribution in [0.4, 0.5) is 0 Å². The van der Waals surface area contributed by atoms with E-state index in [9.17, 15) is 8.42 Å². The standard InChI is InChI=1S/C17H16BrN3O3S/c1-11-3-5-13(6-4-11)16-19-17(24-20-16)12(2)21-25(22,23)15-9-7-14(18)8-10-15/h3-10,12,21H,1-2H3. The number of hydrogen-bond acceptors (Lipinski definition) is 5. The van der Waals surface area contributed by atoms with Crippen LogP contribution in [0, 0.1) is 6.92 Å². The van der Waals surface area contributed by atoms with Crippen LogP contribution in [0.25, 0.3) is 11.4 Å². The van der Waals surface area contributed by atoms with Crippen molar-refractivity contribution in [3.63, 3.8) is 0 Å². The van der Waals surface area contributed by atoms with Crippen molar-refractivity contribution in [3.05, 3.63) is 64.5 Å². The fourth-order valence-corrected chi connectivity index (χ4v) is 3.66. The quantitative estimate of drug-likeness (QED) is 0.675. The molecule has 0 aliphatic carbocycles. The Balaban J connectivity index is 1.78. The largest absolute Gasteiger partial charge is 0.337 e. The van der Waals surface area contributed by atoms with Gasteiger partial charge in [-0.25, -0.2) is 8.42 Å². The highest BCUT2D eigenvalue weighted by Gasteiger charge is 2.22. The Morgan fingerprint density at radius 2 is 1.72 bits per heavy atom. The molecule has 0 radical (unpaired) electrons. The summed E-state index contributed by atoms with van der Waals surface area (Å²) in [6, 6.07) is 13.4. The first-order valence-corrected chi connectivity index (χ1v) is 9.81. The number of nitrogens with one attached hydrogen (secondary N) is 1. The Bertz CT molecular complexity index is 967. The van der Waals surface area contributed by atoms with Gasteiger partial charge in [0.05, 0.1) is 10.9 Å². The van der Waals surface area contributed by atoms with E-state index in [1.165, 1.54) is 12.1 Å². The van der Waals surface area contributed by atoms with Gasteiger partial charge in [0.1, 0.15) is 0 Å². The second-order valence-corrected chi connectivity index (χ2v) is 8.25. The molecule has 0 fully saturated rings. The first-order chi connectivity index (χ1) is 11.8. The minimum atomic E-state index is -3.68. The Morgan fingerprint density at radius 1 is 1.08 bits per heavy atom. The van der Waals surface area contributed by atoms with Crippen molar-refractivity contribution in [3.8, 4) is 11.4 Å². The van der Waals surface area contributed by atoms with Crippen LogP contribution in [-0.4, -0.2) is 18.6 Å². The summed E-state index contributed by atoms with van der Waals surface area (Å²) in [6.45, 7) is 3.65. The summed E-state index contributed by atoms with van der Waals surface area (Å²) in [4.78, 5) is 4.46. The van der Waals surface area contributed by atoms with Crippen molar-refractivity contribution in [2.45, 2.75) is 24.8 Å². The molecule has 2 aromatic carbocycles. The third kappa shape index (κ3) is 4.15. The molecule has 0 aliphatic rings. The Morgan fingerprint density at radius 3 is 2.36 bits per heavy atom. The van der Waals surface area contributed by atoms with Gasteiger partial charge in [-0.15, -0.1) is 0 Å². The molecule has 6 nitrogen and oxygen atoms in total. The van der Waals surface area contributed by atoms with E-state index in [0.717, 1.165) is 15.6 Å². The molecule has 1 atom stereocenters. The molecule has 0 bridgehead atoms. The fourth-order valence-electron chi connectivity index (χ4n) is 2.20. The van der Waals surface area contributed by atoms with Gasteiger partial charge in [0.15, 0.2) is 0 Å². The van der Waals surface area contributed by atoms with Gasteiger partial charge in [0, 0.05) is 10.0 Å². The lowest BCUT2D eigenvalue weighted by atomic mass is 10.1. The molecule has 130 valence electrons. The van der Waals surface area contributed by atoms with E-state index in [0.29, 0.717) is 5.82 Å². The molecule has 0 amide bonds. The average Bonchev–Trinajstić information content (AvgIpc) is 3.06. The molecule has 25 heavy (non-hydrogen) atoms. The van der Waals surface area contributed by atoms with Crippen LogP contribution in [0.5, 0.6) is 0 Å². The zero-order chi connectivity index (χ0) is 18.0. The van der Waals surface area contributed by atoms with E-state index < -0.39 is 16.1 Å². The maximum absolute atomic E-state index is 12.4. The topological polar surface area (TPSA) is 85.1 Å². The lowest BCUT2D eigenvalue weighted by molar-refractivity contribution is 0.354. The summed E-state index contributed by atoms with van der Waals surface area (Å²) in [5.74, 6) is 0.626. The molecule has 0 aliphatic heterocycles. The highest BCUT2D eigenvalue weighted by molar-refractivity contribution is 9.10. The second-order valence-electron chi connectivity index (χ2n) is 5.62. The molecule has 1 aromatic heterocycles. The highest BCUT2D eigenvalue weighted by Crippen LogP contribution is 2.21. The SMILES string of the molecule is Cc1ccc(-c2noc(C(C)NS(=O)(=O)c3ccc(Br)cc3)n2)cc1. The molecule has 0 saturated heterocycles. The van der Waals surface area contributed by atoms with Crippen molar-refractivity contribution < 1.29 is 12.9 Å². The minimum absolute atomic E-state index is 0.167. The van der Waals surface area contributed by atoms with Gasteiger partial charge in [-0.05, 0) is 38.1 Å². The lowest BCUT2D eigenvalue weighted by Gasteiger charge is -2.10. The summed E-state index contributed by atoms with van der Waals surface area (Å²) in [7, 11) is -3.68. The van der Waals surface area contributed by atoms with Crippen molar-refractivity contribution in [1.82, 2.24) is 14.9 Å². The van der Waals surface area contributed by atoms with Crippen LogP contribution < -0.4 is 4.72 Å². The predicted molar refractivity (Wildman–Crippen MR) is 97.3 cm³/mol. The number of aromatic nitrogens is 2. The van der Waals surface area contributed by atoms with E-state index >= 15 is 0 Å². The normalized spacial score (nSPS) is 12.9. The van der Waals surface area contributed by atoms with Crippen LogP contribution in [0.3, 0.4) is 0 Å². The van der Waals surface area contributed by atoms with E-state index in [1.807, 2.05) is 31.2 Å². The van der Waals surface area contributed by atoms with Gasteiger partial charge in [-0.1, -0.05) is 50.9 Å². The number of nitrogens with zero attached hydrogens (tertiary/aromatic N) is 2. The van der Waals surface area contributed by atoms with Gasteiger partial charge < -0.3 is 4.52 Å². The number of halogens is 1. The van der Waals surface area contributed by atoms with E-state index in [-0.39, 0.29) is 10.8 Å². The van der Waals surface area contributed by atoms with Crippen LogP contribution in [-0.2, 0) is 10.0 Å². The van der Waals surface area contributed by atoms with Crippen LogP contribution in [0.2, 0.25) is 0 Å². The number of hydrogen-bond donors (Lipinski definition) is 1. The van der Waals surface area contributed by atoms with E-state index in [1.54, 1.807) is 19.1 Å². The molecule has 0 spiro atoms. The molecular formula is C17H16BrN3O3S. The maximum Gasteiger partial charge on any atom is 0.244 e. The van der Waals surface area contributed by atoms with Crippen molar-refractivity contribution in [2.24, 2.45) is 0 Å². The molecular weight excluding hydrogens is 406 g/mol. The Labute approximate surface area is 154 Å². The zero-order valence-corrected chi connectivity index (χ0v) is 16.0. The van der Waals surface area contributed by atoms with Gasteiger partial charge in [-0.3, -0.25) is 0 Å². The first-order valence-electron chi connectivity index (χ1n) is 7.54. The summed E-state index contributed by atoms with van der Waals surface area (Å²) < 4.78 is 33.4. The lowest BCUT2D eigenvalue weighted by Crippen LogP contribution is -2.27. The predicted octanol–water partition coefficient (Wildman–Crippen LogP) is 3.85. The van der Waals surface area contributed by atoms with Gasteiger partial charge >= 0.3 is 0 Å². The number of sulfonamides is 1. The van der Waals surface area contributed by atoms with Crippen molar-refractivity contribution >= 4 is 26.0 Å². The molecule has 1 unspecified atom stereocenters. The molecule has 3 aromatic rings. The summed E-state index contributed by atoms with van der Waals surface area (Å²) in [6.07, 6.45) is 0. The third-order valence-corrected chi connectivity index (χ3v) is 5.66. The third-order valence-electron chi connectivity index (χ3n) is 3.58. The number of aryl methyl sites for hydroxylation is 1. The highest BCUT2D eigenvalue weighted by atomic mass is 79.9. The molecule has 3 rings (SSSR count). The maximum atomic E-state index is 12.4. The zero-order valence-electron chi connectivity index (χ0n) is 13.6. The van der Waals surface area contributed by atoms with Gasteiger partial charge in [0.25, 0.3) is 0 Å². The first kappa shape index (κ1) is 17.8. The monoisotopic (exact) mass is 421 g/mol. The second kappa shape index (κ2) is 7.07. The minimum Gasteiger partial charge on any atom is -0.337 e. The summed E-state index contributed by atoms with van der Waals surface area (Å²) in [5, 5.41) is 3.92. The fraction of sp³-hybridized carbons (Fsp3) is 0.176. The van der Waals surface area contributed by atoms with Crippen LogP contribution >= 0.6 is 15.9 Å². The van der Waals surface area contributed by atoms with Gasteiger partial charge in [0.2, 0.25) is 21.7 Å². The average molecular weight is 422 g/mol. The summed E-state index contributed by atoms with van der Waals surface area (Å²) >= 11 is 3.28.